The highest BCUT2D eigenvalue weighted by Crippen LogP contribution is 2.01. The smallest absolute Gasteiger partial charge is 0.220 e. The van der Waals surface area contributed by atoms with Gasteiger partial charge in [0.15, 0.2) is 0 Å². The fourth-order valence-corrected chi connectivity index (χ4v) is 1.06. The Labute approximate surface area is 80.5 Å². The summed E-state index contributed by atoms with van der Waals surface area (Å²) in [5, 5.41) is 11.6. The molecule has 78 valence electrons. The maximum Gasteiger partial charge on any atom is 0.220 e. The van der Waals surface area contributed by atoms with E-state index in [1.807, 2.05) is 0 Å². The molecule has 0 aliphatic rings. The van der Waals surface area contributed by atoms with Gasteiger partial charge in [0.1, 0.15) is 0 Å². The van der Waals surface area contributed by atoms with Gasteiger partial charge in [0, 0.05) is 13.0 Å². The first-order valence-corrected chi connectivity index (χ1v) is 5.11. The minimum Gasteiger partial charge on any atom is -0.392 e. The van der Waals surface area contributed by atoms with E-state index in [1.54, 1.807) is 6.92 Å². The van der Waals surface area contributed by atoms with E-state index >= 15 is 0 Å². The summed E-state index contributed by atoms with van der Waals surface area (Å²) in [5.41, 5.74) is 0. The first-order chi connectivity index (χ1) is 6.16. The molecule has 0 aliphatic heterocycles. The van der Waals surface area contributed by atoms with Crippen molar-refractivity contribution in [1.29, 1.82) is 0 Å². The first kappa shape index (κ1) is 12.4. The zero-order valence-corrected chi connectivity index (χ0v) is 8.68. The lowest BCUT2D eigenvalue weighted by Crippen LogP contribution is -2.30. The average Bonchev–Trinajstić information content (AvgIpc) is 2.09. The molecule has 0 unspecified atom stereocenters. The van der Waals surface area contributed by atoms with Crippen molar-refractivity contribution in [3.05, 3.63) is 0 Å². The molecule has 0 aromatic rings. The Bertz CT molecular complexity index is 135. The van der Waals surface area contributed by atoms with Crippen molar-refractivity contribution in [3.63, 3.8) is 0 Å². The number of aliphatic hydroxyl groups excluding tert-OH is 1. The van der Waals surface area contributed by atoms with Gasteiger partial charge in [0.05, 0.1) is 6.10 Å². The maximum absolute atomic E-state index is 11.1. The average molecular weight is 187 g/mol. The molecule has 0 fully saturated rings. The summed E-state index contributed by atoms with van der Waals surface area (Å²) in [4.78, 5) is 11.1. The van der Waals surface area contributed by atoms with Crippen LogP contribution in [0.1, 0.15) is 46.0 Å². The molecule has 3 nitrogen and oxygen atoms in total. The number of amides is 1. The summed E-state index contributed by atoms with van der Waals surface area (Å²) in [6, 6.07) is 0. The molecule has 2 N–H and O–H groups in total. The molecule has 1 amide bonds. The lowest BCUT2D eigenvalue weighted by atomic mass is 10.1. The van der Waals surface area contributed by atoms with Crippen LogP contribution in [0.15, 0.2) is 0 Å². The molecule has 0 aromatic carbocycles. The highest BCUT2D eigenvalue weighted by molar-refractivity contribution is 5.75. The number of nitrogens with one attached hydrogen (secondary N) is 1. The summed E-state index contributed by atoms with van der Waals surface area (Å²) in [5.74, 6) is 0.0528. The van der Waals surface area contributed by atoms with Crippen LogP contribution in [0, 0.1) is 0 Å². The zero-order valence-electron chi connectivity index (χ0n) is 8.68. The molecule has 0 aromatic heterocycles. The zero-order chi connectivity index (χ0) is 10.1. The summed E-state index contributed by atoms with van der Waals surface area (Å²) in [6.07, 6.45) is 4.61. The Hall–Kier alpha value is -0.570. The van der Waals surface area contributed by atoms with Gasteiger partial charge in [-0.25, -0.2) is 0 Å². The largest absolute Gasteiger partial charge is 0.392 e. The number of unbranched alkanes of at least 4 members (excludes halogenated alkanes) is 3. The Morgan fingerprint density at radius 1 is 1.38 bits per heavy atom. The van der Waals surface area contributed by atoms with Gasteiger partial charge in [0.2, 0.25) is 5.91 Å². The van der Waals surface area contributed by atoms with Crippen LogP contribution in [0.5, 0.6) is 0 Å². The van der Waals surface area contributed by atoms with Crippen LogP contribution >= 0.6 is 0 Å². The van der Waals surface area contributed by atoms with E-state index in [0.29, 0.717) is 13.0 Å². The highest BCUT2D eigenvalue weighted by atomic mass is 16.3. The summed E-state index contributed by atoms with van der Waals surface area (Å²) in [7, 11) is 0. The van der Waals surface area contributed by atoms with Gasteiger partial charge in [-0.1, -0.05) is 26.2 Å². The van der Waals surface area contributed by atoms with Gasteiger partial charge >= 0.3 is 0 Å². The van der Waals surface area contributed by atoms with Gasteiger partial charge in [-0.05, 0) is 13.3 Å². The molecule has 1 atom stereocenters. The molecule has 13 heavy (non-hydrogen) atoms. The standard InChI is InChI=1S/C10H21NO2/c1-3-4-5-6-7-10(13)11-8-9(2)12/h9,12H,3-8H2,1-2H3,(H,11,13)/t9-/m0/s1. The fraction of sp³-hybridized carbons (Fsp3) is 0.900. The molecule has 0 bridgehead atoms. The van der Waals surface area contributed by atoms with E-state index in [2.05, 4.69) is 12.2 Å². The molecule has 0 spiro atoms. The number of carbonyl (C=O) groups excluding carboxylic acids is 1. The van der Waals surface area contributed by atoms with Crippen molar-refractivity contribution in [2.45, 2.75) is 52.1 Å². The summed E-state index contributed by atoms with van der Waals surface area (Å²) >= 11 is 0. The van der Waals surface area contributed by atoms with Crippen molar-refractivity contribution in [3.8, 4) is 0 Å². The number of aliphatic hydroxyl groups is 1. The van der Waals surface area contributed by atoms with E-state index in [1.165, 1.54) is 12.8 Å². The number of rotatable bonds is 7. The van der Waals surface area contributed by atoms with Crippen LogP contribution in [0.2, 0.25) is 0 Å². The van der Waals surface area contributed by atoms with Gasteiger partial charge in [-0.15, -0.1) is 0 Å². The van der Waals surface area contributed by atoms with E-state index in [0.717, 1.165) is 12.8 Å². The minimum atomic E-state index is -0.445. The molecule has 0 radical (unpaired) electrons. The van der Waals surface area contributed by atoms with Crippen LogP contribution in [-0.4, -0.2) is 23.7 Å². The van der Waals surface area contributed by atoms with Crippen LogP contribution in [0.4, 0.5) is 0 Å². The third-order valence-electron chi connectivity index (χ3n) is 1.85. The predicted molar refractivity (Wildman–Crippen MR) is 53.4 cm³/mol. The molecule has 0 heterocycles. The molecule has 0 rings (SSSR count). The van der Waals surface area contributed by atoms with Gasteiger partial charge in [0.25, 0.3) is 0 Å². The lowest BCUT2D eigenvalue weighted by Gasteiger charge is -2.06. The molecule has 0 aliphatic carbocycles. The second-order valence-corrected chi connectivity index (χ2v) is 3.46. The second-order valence-electron chi connectivity index (χ2n) is 3.46. The van der Waals surface area contributed by atoms with E-state index < -0.39 is 6.10 Å². The Balaban J connectivity index is 3.20. The van der Waals surface area contributed by atoms with Crippen molar-refractivity contribution in [2.75, 3.05) is 6.54 Å². The van der Waals surface area contributed by atoms with Gasteiger partial charge in [-0.2, -0.15) is 0 Å². The topological polar surface area (TPSA) is 49.3 Å². The normalized spacial score (nSPS) is 12.5. The fourth-order valence-electron chi connectivity index (χ4n) is 1.06. The predicted octanol–water partition coefficient (Wildman–Crippen LogP) is 1.45. The van der Waals surface area contributed by atoms with Crippen LogP contribution in [0.3, 0.4) is 0 Å². The molecular weight excluding hydrogens is 166 g/mol. The number of hydrogen-bond donors (Lipinski definition) is 2. The quantitative estimate of drug-likeness (QED) is 0.593. The highest BCUT2D eigenvalue weighted by Gasteiger charge is 2.01. The van der Waals surface area contributed by atoms with Crippen LogP contribution < -0.4 is 5.32 Å². The minimum absolute atomic E-state index is 0.0528. The van der Waals surface area contributed by atoms with Crippen molar-refractivity contribution in [2.24, 2.45) is 0 Å². The third kappa shape index (κ3) is 9.34. The van der Waals surface area contributed by atoms with E-state index in [4.69, 9.17) is 5.11 Å². The second kappa shape index (κ2) is 8.05. The molecular formula is C10H21NO2. The summed E-state index contributed by atoms with van der Waals surface area (Å²) < 4.78 is 0. The first-order valence-electron chi connectivity index (χ1n) is 5.11. The van der Waals surface area contributed by atoms with Crippen LogP contribution in [-0.2, 0) is 4.79 Å². The summed E-state index contributed by atoms with van der Waals surface area (Å²) in [6.45, 7) is 4.18. The molecule has 0 saturated carbocycles. The van der Waals surface area contributed by atoms with Crippen molar-refractivity contribution in [1.82, 2.24) is 5.32 Å². The van der Waals surface area contributed by atoms with E-state index in [-0.39, 0.29) is 5.91 Å². The lowest BCUT2D eigenvalue weighted by molar-refractivity contribution is -0.121. The number of carbonyl (C=O) groups is 1. The number of hydrogen-bond acceptors (Lipinski definition) is 2. The maximum atomic E-state index is 11.1. The van der Waals surface area contributed by atoms with Gasteiger partial charge < -0.3 is 10.4 Å². The monoisotopic (exact) mass is 187 g/mol. The molecule has 0 saturated heterocycles. The Kier molecular flexibility index (Phi) is 7.69. The Morgan fingerprint density at radius 3 is 2.62 bits per heavy atom. The van der Waals surface area contributed by atoms with Crippen molar-refractivity contribution < 1.29 is 9.90 Å². The third-order valence-corrected chi connectivity index (χ3v) is 1.85. The SMILES string of the molecule is CCCCCCC(=O)NC[C@H](C)O. The van der Waals surface area contributed by atoms with Crippen molar-refractivity contribution >= 4 is 5.91 Å². The van der Waals surface area contributed by atoms with E-state index in [9.17, 15) is 4.79 Å². The van der Waals surface area contributed by atoms with Gasteiger partial charge in [-0.3, -0.25) is 4.79 Å². The van der Waals surface area contributed by atoms with Crippen LogP contribution in [0.25, 0.3) is 0 Å². The molecule has 3 heteroatoms. The Morgan fingerprint density at radius 2 is 2.08 bits per heavy atom.